The molecule has 0 bridgehead atoms. The molecule has 1 unspecified atom stereocenters. The number of rotatable bonds is 4. The van der Waals surface area contributed by atoms with Crippen LogP contribution in [0.1, 0.15) is 17.3 Å². The summed E-state index contributed by atoms with van der Waals surface area (Å²) < 4.78 is 0. The molecule has 3 heteroatoms. The van der Waals surface area contributed by atoms with Crippen molar-refractivity contribution < 1.29 is 0 Å². The van der Waals surface area contributed by atoms with Gasteiger partial charge < -0.3 is 0 Å². The molecule has 3 aromatic carbocycles. The van der Waals surface area contributed by atoms with Gasteiger partial charge >= 0.3 is 0 Å². The first-order chi connectivity index (χ1) is 12.8. The van der Waals surface area contributed by atoms with E-state index in [1.807, 2.05) is 41.4 Å². The topological polar surface area (TPSA) is 27.6 Å². The number of hydrogen-bond donors (Lipinski definition) is 1. The second-order valence-corrected chi connectivity index (χ2v) is 6.13. The van der Waals surface area contributed by atoms with Crippen molar-refractivity contribution in [2.24, 2.45) is 4.99 Å². The molecule has 1 aliphatic rings. The highest BCUT2D eigenvalue weighted by atomic mass is 15.6. The van der Waals surface area contributed by atoms with E-state index in [9.17, 15) is 0 Å². The highest BCUT2D eigenvalue weighted by Crippen LogP contribution is 2.25. The quantitative estimate of drug-likeness (QED) is 0.721. The normalized spacial score (nSPS) is 16.2. The van der Waals surface area contributed by atoms with Gasteiger partial charge in [0.2, 0.25) is 0 Å². The van der Waals surface area contributed by atoms with Crippen LogP contribution in [-0.4, -0.2) is 17.4 Å². The number of terminal acetylenes is 1. The van der Waals surface area contributed by atoms with Crippen molar-refractivity contribution in [2.75, 3.05) is 6.54 Å². The van der Waals surface area contributed by atoms with Gasteiger partial charge in [-0.25, -0.2) is 10.4 Å². The Morgan fingerprint density at radius 1 is 0.846 bits per heavy atom. The first-order valence-corrected chi connectivity index (χ1v) is 8.61. The predicted octanol–water partition coefficient (Wildman–Crippen LogP) is 4.25. The van der Waals surface area contributed by atoms with E-state index in [0.29, 0.717) is 6.54 Å². The molecule has 1 aliphatic heterocycles. The fourth-order valence-electron chi connectivity index (χ4n) is 3.12. The molecule has 0 spiro atoms. The molecule has 0 aromatic heterocycles. The third-order valence-corrected chi connectivity index (χ3v) is 4.38. The predicted molar refractivity (Wildman–Crippen MR) is 106 cm³/mol. The molecule has 3 aromatic rings. The average molecular weight is 337 g/mol. The van der Waals surface area contributed by atoms with E-state index in [-0.39, 0.29) is 6.17 Å². The number of hydrazine groups is 1. The molecule has 4 rings (SSSR count). The van der Waals surface area contributed by atoms with Gasteiger partial charge in [-0.05, 0) is 22.8 Å². The molecule has 0 amide bonds. The van der Waals surface area contributed by atoms with Crippen LogP contribution in [-0.2, 0) is 0 Å². The maximum Gasteiger partial charge on any atom is 0.148 e. The lowest BCUT2D eigenvalue weighted by Crippen LogP contribution is -2.38. The SMILES string of the molecule is C#CCN1NC(c2ccccc2)N=C1c1cccc(-c2ccccc2)c1. The number of benzene rings is 3. The smallest absolute Gasteiger partial charge is 0.148 e. The summed E-state index contributed by atoms with van der Waals surface area (Å²) in [7, 11) is 0. The number of aliphatic imine (C=N–C) groups is 1. The van der Waals surface area contributed by atoms with Gasteiger partial charge in [0.1, 0.15) is 12.0 Å². The highest BCUT2D eigenvalue weighted by Gasteiger charge is 2.26. The number of hydrogen-bond acceptors (Lipinski definition) is 3. The van der Waals surface area contributed by atoms with Gasteiger partial charge in [0.25, 0.3) is 0 Å². The van der Waals surface area contributed by atoms with Crippen molar-refractivity contribution in [1.82, 2.24) is 10.4 Å². The average Bonchev–Trinajstić information content (AvgIpc) is 3.14. The van der Waals surface area contributed by atoms with Crippen molar-refractivity contribution in [3.05, 3.63) is 96.1 Å². The summed E-state index contributed by atoms with van der Waals surface area (Å²) >= 11 is 0. The molecule has 0 fully saturated rings. The summed E-state index contributed by atoms with van der Waals surface area (Å²) in [4.78, 5) is 4.90. The summed E-state index contributed by atoms with van der Waals surface area (Å²) in [6, 6.07) is 28.9. The Labute approximate surface area is 154 Å². The summed E-state index contributed by atoms with van der Waals surface area (Å²) in [5.41, 5.74) is 7.91. The minimum atomic E-state index is -0.125. The lowest BCUT2D eigenvalue weighted by atomic mass is 10.0. The monoisotopic (exact) mass is 337 g/mol. The van der Waals surface area contributed by atoms with E-state index in [4.69, 9.17) is 11.4 Å². The summed E-state index contributed by atoms with van der Waals surface area (Å²) in [5.74, 6) is 3.58. The first kappa shape index (κ1) is 16.1. The molecule has 1 atom stereocenters. The minimum Gasteiger partial charge on any atom is -0.277 e. The zero-order valence-electron chi connectivity index (χ0n) is 14.3. The van der Waals surface area contributed by atoms with Crippen molar-refractivity contribution in [1.29, 1.82) is 0 Å². The second kappa shape index (κ2) is 7.26. The van der Waals surface area contributed by atoms with Gasteiger partial charge in [-0.15, -0.1) is 6.42 Å². The zero-order valence-corrected chi connectivity index (χ0v) is 14.3. The summed E-state index contributed by atoms with van der Waals surface area (Å²) in [6.45, 7) is 0.456. The van der Waals surface area contributed by atoms with Crippen LogP contribution in [0.15, 0.2) is 89.9 Å². The third-order valence-electron chi connectivity index (χ3n) is 4.38. The van der Waals surface area contributed by atoms with Crippen LogP contribution in [0.3, 0.4) is 0 Å². The van der Waals surface area contributed by atoms with Crippen LogP contribution in [0.4, 0.5) is 0 Å². The minimum absolute atomic E-state index is 0.125. The van der Waals surface area contributed by atoms with Gasteiger partial charge in [0.05, 0.1) is 6.54 Å². The van der Waals surface area contributed by atoms with Crippen LogP contribution >= 0.6 is 0 Å². The van der Waals surface area contributed by atoms with Crippen LogP contribution in [0.2, 0.25) is 0 Å². The Morgan fingerprint density at radius 2 is 1.50 bits per heavy atom. The van der Waals surface area contributed by atoms with Gasteiger partial charge in [0.15, 0.2) is 0 Å². The van der Waals surface area contributed by atoms with Crippen molar-refractivity contribution in [2.45, 2.75) is 6.17 Å². The zero-order chi connectivity index (χ0) is 17.8. The third kappa shape index (κ3) is 3.23. The largest absolute Gasteiger partial charge is 0.277 e. The van der Waals surface area contributed by atoms with Gasteiger partial charge in [-0.3, -0.25) is 5.01 Å². The molecule has 0 saturated heterocycles. The van der Waals surface area contributed by atoms with E-state index >= 15 is 0 Å². The molecule has 126 valence electrons. The maximum absolute atomic E-state index is 5.57. The van der Waals surface area contributed by atoms with Gasteiger partial charge in [-0.2, -0.15) is 0 Å². The Balaban J connectivity index is 1.71. The Morgan fingerprint density at radius 3 is 2.23 bits per heavy atom. The molecular formula is C23H19N3. The van der Waals surface area contributed by atoms with Crippen molar-refractivity contribution in [3.8, 4) is 23.5 Å². The maximum atomic E-state index is 5.57. The van der Waals surface area contributed by atoms with E-state index in [0.717, 1.165) is 22.5 Å². The van der Waals surface area contributed by atoms with E-state index in [2.05, 4.69) is 59.9 Å². The molecule has 1 N–H and O–H groups in total. The van der Waals surface area contributed by atoms with Crippen molar-refractivity contribution in [3.63, 3.8) is 0 Å². The van der Waals surface area contributed by atoms with Crippen molar-refractivity contribution >= 4 is 5.84 Å². The molecule has 0 saturated carbocycles. The fraction of sp³-hybridized carbons (Fsp3) is 0.0870. The first-order valence-electron chi connectivity index (χ1n) is 8.61. The van der Waals surface area contributed by atoms with E-state index in [1.165, 1.54) is 5.56 Å². The standard InChI is InChI=1S/C23H19N3/c1-2-16-26-23(24-22(25-26)19-12-7-4-8-13-19)21-15-9-14-20(17-21)18-10-5-3-6-11-18/h1,3-15,17,22,25H,16H2. The molecule has 26 heavy (non-hydrogen) atoms. The van der Waals surface area contributed by atoms with Crippen LogP contribution < -0.4 is 5.43 Å². The Bertz CT molecular complexity index is 956. The van der Waals surface area contributed by atoms with E-state index in [1.54, 1.807) is 0 Å². The number of nitrogens with one attached hydrogen (secondary N) is 1. The molecule has 1 heterocycles. The van der Waals surface area contributed by atoms with Gasteiger partial charge in [0, 0.05) is 5.56 Å². The number of nitrogens with zero attached hydrogens (tertiary/aromatic N) is 2. The van der Waals surface area contributed by atoms with Crippen LogP contribution in [0, 0.1) is 12.3 Å². The highest BCUT2D eigenvalue weighted by molar-refractivity contribution is 6.00. The summed E-state index contributed by atoms with van der Waals surface area (Å²) in [6.07, 6.45) is 5.44. The lowest BCUT2D eigenvalue weighted by Gasteiger charge is -2.19. The molecular weight excluding hydrogens is 318 g/mol. The van der Waals surface area contributed by atoms with E-state index < -0.39 is 0 Å². The fourth-order valence-corrected chi connectivity index (χ4v) is 3.12. The van der Waals surface area contributed by atoms with Crippen LogP contribution in [0.25, 0.3) is 11.1 Å². The van der Waals surface area contributed by atoms with Gasteiger partial charge in [-0.1, -0.05) is 84.8 Å². The molecule has 0 radical (unpaired) electrons. The van der Waals surface area contributed by atoms with Crippen LogP contribution in [0.5, 0.6) is 0 Å². The molecule has 0 aliphatic carbocycles. The Hall–Kier alpha value is -3.35. The lowest BCUT2D eigenvalue weighted by molar-refractivity contribution is 0.330. The molecule has 3 nitrogen and oxygen atoms in total. The second-order valence-electron chi connectivity index (χ2n) is 6.13. The number of amidine groups is 1. The summed E-state index contributed by atoms with van der Waals surface area (Å²) in [5, 5.41) is 1.95. The Kier molecular flexibility index (Phi) is 4.51.